The molecular formula is C26H25ClN6O2S. The Hall–Kier alpha value is -3.53. The highest BCUT2D eigenvalue weighted by atomic mass is 35.5. The van der Waals surface area contributed by atoms with Crippen LogP contribution in [-0.2, 0) is 16.6 Å². The second-order valence-electron chi connectivity index (χ2n) is 8.44. The number of halogens is 1. The first-order chi connectivity index (χ1) is 17.4. The molecule has 36 heavy (non-hydrogen) atoms. The van der Waals surface area contributed by atoms with Gasteiger partial charge in [0.25, 0.3) is 0 Å². The van der Waals surface area contributed by atoms with E-state index in [0.717, 1.165) is 41.0 Å². The van der Waals surface area contributed by atoms with Gasteiger partial charge in [-0.15, -0.1) is 5.10 Å². The Morgan fingerprint density at radius 1 is 1.00 bits per heavy atom. The summed E-state index contributed by atoms with van der Waals surface area (Å²) in [6, 6.07) is 20.2. The molecule has 0 fully saturated rings. The molecule has 0 aliphatic rings. The summed E-state index contributed by atoms with van der Waals surface area (Å²) in [6.07, 6.45) is 5.55. The van der Waals surface area contributed by atoms with Crippen LogP contribution in [0.1, 0.15) is 25.3 Å². The third-order valence-electron chi connectivity index (χ3n) is 5.83. The number of nitrogens with one attached hydrogen (secondary N) is 1. The SMILES string of the molecule is CCCCNS(=O)(=O)c1ccc(Cn2cc(-c3c(-c4ccc(Cl)cc4)nc4ccccn34)nn2)cc1. The Kier molecular flexibility index (Phi) is 6.86. The van der Waals surface area contributed by atoms with Crippen LogP contribution in [0.15, 0.2) is 84.0 Å². The molecule has 3 heterocycles. The number of fused-ring (bicyclic) bond motifs is 1. The van der Waals surface area contributed by atoms with Crippen LogP contribution in [-0.4, -0.2) is 39.3 Å². The lowest BCUT2D eigenvalue weighted by atomic mass is 10.1. The van der Waals surface area contributed by atoms with Gasteiger partial charge in [0.1, 0.15) is 17.0 Å². The van der Waals surface area contributed by atoms with Crippen molar-refractivity contribution in [2.24, 2.45) is 0 Å². The highest BCUT2D eigenvalue weighted by molar-refractivity contribution is 7.89. The lowest BCUT2D eigenvalue weighted by molar-refractivity contribution is 0.578. The van der Waals surface area contributed by atoms with Gasteiger partial charge >= 0.3 is 0 Å². The van der Waals surface area contributed by atoms with Gasteiger partial charge in [0.05, 0.1) is 23.3 Å². The Morgan fingerprint density at radius 3 is 2.53 bits per heavy atom. The molecule has 0 unspecified atom stereocenters. The van der Waals surface area contributed by atoms with E-state index >= 15 is 0 Å². The molecular weight excluding hydrogens is 496 g/mol. The Labute approximate surface area is 214 Å². The maximum Gasteiger partial charge on any atom is 0.240 e. The maximum atomic E-state index is 12.4. The van der Waals surface area contributed by atoms with Gasteiger partial charge in [-0.2, -0.15) is 0 Å². The number of unbranched alkanes of at least 4 members (excludes halogenated alkanes) is 1. The van der Waals surface area contributed by atoms with Gasteiger partial charge in [0.15, 0.2) is 0 Å². The zero-order valence-electron chi connectivity index (χ0n) is 19.7. The van der Waals surface area contributed by atoms with Crippen molar-refractivity contribution >= 4 is 27.3 Å². The summed E-state index contributed by atoms with van der Waals surface area (Å²) in [4.78, 5) is 5.07. The van der Waals surface area contributed by atoms with E-state index in [1.165, 1.54) is 0 Å². The minimum absolute atomic E-state index is 0.250. The standard InChI is InChI=1S/C26H25ClN6O2S/c1-2-3-15-28-36(34,35)22-13-7-19(8-14-22)17-32-18-23(30-31-32)26-25(20-9-11-21(27)12-10-20)29-24-6-4-5-16-33(24)26/h4-14,16,18,28H,2-3,15,17H2,1H3. The molecule has 0 amide bonds. The molecule has 0 aliphatic heterocycles. The fourth-order valence-corrected chi connectivity index (χ4v) is 5.16. The van der Waals surface area contributed by atoms with E-state index in [1.807, 2.05) is 66.2 Å². The predicted octanol–water partition coefficient (Wildman–Crippen LogP) is 5.04. The topological polar surface area (TPSA) is 94.2 Å². The first-order valence-corrected chi connectivity index (χ1v) is 13.5. The number of benzene rings is 2. The second-order valence-corrected chi connectivity index (χ2v) is 10.6. The zero-order chi connectivity index (χ0) is 25.1. The fourth-order valence-electron chi connectivity index (χ4n) is 3.96. The maximum absolute atomic E-state index is 12.4. The predicted molar refractivity (Wildman–Crippen MR) is 140 cm³/mol. The summed E-state index contributed by atoms with van der Waals surface area (Å²) >= 11 is 6.09. The van der Waals surface area contributed by atoms with Crippen molar-refractivity contribution < 1.29 is 8.42 Å². The van der Waals surface area contributed by atoms with Gasteiger partial charge in [-0.1, -0.05) is 60.5 Å². The molecule has 0 aliphatic carbocycles. The minimum Gasteiger partial charge on any atom is -0.298 e. The number of imidazole rings is 1. The van der Waals surface area contributed by atoms with E-state index in [4.69, 9.17) is 16.6 Å². The Bertz CT molecular complexity index is 1590. The van der Waals surface area contributed by atoms with Crippen LogP contribution in [0.4, 0.5) is 0 Å². The zero-order valence-corrected chi connectivity index (χ0v) is 21.2. The quantitative estimate of drug-likeness (QED) is 0.275. The molecule has 5 rings (SSSR count). The average Bonchev–Trinajstić information content (AvgIpc) is 3.49. The van der Waals surface area contributed by atoms with Crippen molar-refractivity contribution in [1.82, 2.24) is 29.1 Å². The van der Waals surface area contributed by atoms with Crippen LogP contribution in [0, 0.1) is 0 Å². The van der Waals surface area contributed by atoms with Crippen molar-refractivity contribution in [2.45, 2.75) is 31.2 Å². The molecule has 0 radical (unpaired) electrons. The highest BCUT2D eigenvalue weighted by Crippen LogP contribution is 2.32. The van der Waals surface area contributed by atoms with Crippen molar-refractivity contribution in [3.63, 3.8) is 0 Å². The van der Waals surface area contributed by atoms with Crippen molar-refractivity contribution in [3.8, 4) is 22.6 Å². The summed E-state index contributed by atoms with van der Waals surface area (Å²) in [5, 5.41) is 9.40. The number of sulfonamides is 1. The first-order valence-electron chi connectivity index (χ1n) is 11.7. The van der Waals surface area contributed by atoms with Gasteiger partial charge in [0.2, 0.25) is 10.0 Å². The summed E-state index contributed by atoms with van der Waals surface area (Å²) in [6.45, 7) is 2.90. The van der Waals surface area contributed by atoms with Gasteiger partial charge in [-0.3, -0.25) is 4.40 Å². The third-order valence-corrected chi connectivity index (χ3v) is 7.56. The molecule has 1 N–H and O–H groups in total. The smallest absolute Gasteiger partial charge is 0.240 e. The summed E-state index contributed by atoms with van der Waals surface area (Å²) in [5.41, 5.74) is 4.94. The van der Waals surface area contributed by atoms with Crippen LogP contribution in [0.3, 0.4) is 0 Å². The summed E-state index contributed by atoms with van der Waals surface area (Å²) in [5.74, 6) is 0. The lowest BCUT2D eigenvalue weighted by Crippen LogP contribution is -2.24. The molecule has 0 bridgehead atoms. The van der Waals surface area contributed by atoms with Gasteiger partial charge < -0.3 is 0 Å². The number of rotatable bonds is 9. The van der Waals surface area contributed by atoms with Crippen LogP contribution < -0.4 is 4.72 Å². The molecule has 0 atom stereocenters. The highest BCUT2D eigenvalue weighted by Gasteiger charge is 2.19. The van der Waals surface area contributed by atoms with E-state index in [-0.39, 0.29) is 4.90 Å². The van der Waals surface area contributed by atoms with E-state index in [2.05, 4.69) is 15.0 Å². The molecule has 0 spiro atoms. The van der Waals surface area contributed by atoms with Crippen LogP contribution in [0.2, 0.25) is 5.02 Å². The van der Waals surface area contributed by atoms with E-state index in [0.29, 0.717) is 23.8 Å². The largest absolute Gasteiger partial charge is 0.298 e. The fraction of sp³-hybridized carbons (Fsp3) is 0.192. The van der Waals surface area contributed by atoms with Gasteiger partial charge in [-0.05, 0) is 48.4 Å². The molecule has 2 aromatic carbocycles. The molecule has 0 saturated carbocycles. The minimum atomic E-state index is -3.51. The number of hydrogen-bond acceptors (Lipinski definition) is 5. The Morgan fingerprint density at radius 2 is 1.78 bits per heavy atom. The van der Waals surface area contributed by atoms with Crippen LogP contribution in [0.5, 0.6) is 0 Å². The summed E-state index contributed by atoms with van der Waals surface area (Å²) < 4.78 is 31.2. The monoisotopic (exact) mass is 520 g/mol. The molecule has 8 nitrogen and oxygen atoms in total. The third kappa shape index (κ3) is 5.04. The number of aromatic nitrogens is 5. The molecule has 184 valence electrons. The van der Waals surface area contributed by atoms with Gasteiger partial charge in [0, 0.05) is 23.3 Å². The summed E-state index contributed by atoms with van der Waals surface area (Å²) in [7, 11) is -3.51. The average molecular weight is 521 g/mol. The first kappa shape index (κ1) is 24.2. The molecule has 0 saturated heterocycles. The van der Waals surface area contributed by atoms with E-state index in [9.17, 15) is 8.42 Å². The number of hydrogen-bond donors (Lipinski definition) is 1. The number of pyridine rings is 1. The second kappa shape index (κ2) is 10.2. The lowest BCUT2D eigenvalue weighted by Gasteiger charge is -2.07. The van der Waals surface area contributed by atoms with Crippen LogP contribution >= 0.6 is 11.6 Å². The van der Waals surface area contributed by atoms with Crippen molar-refractivity contribution in [2.75, 3.05) is 6.54 Å². The van der Waals surface area contributed by atoms with E-state index in [1.54, 1.807) is 28.9 Å². The normalized spacial score (nSPS) is 11.8. The molecule has 5 aromatic rings. The van der Waals surface area contributed by atoms with Crippen molar-refractivity contribution in [1.29, 1.82) is 0 Å². The molecule has 10 heteroatoms. The molecule has 3 aromatic heterocycles. The van der Waals surface area contributed by atoms with Gasteiger partial charge in [-0.25, -0.2) is 22.8 Å². The number of nitrogens with zero attached hydrogens (tertiary/aromatic N) is 5. The Balaban J connectivity index is 1.41. The van der Waals surface area contributed by atoms with Crippen LogP contribution in [0.25, 0.3) is 28.3 Å². The van der Waals surface area contributed by atoms with E-state index < -0.39 is 10.0 Å². The van der Waals surface area contributed by atoms with Crippen molar-refractivity contribution in [3.05, 3.63) is 89.7 Å².